The number of benzene rings is 2. The molecule has 114 valence electrons. The van der Waals surface area contributed by atoms with Crippen LogP contribution in [0.3, 0.4) is 0 Å². The van der Waals surface area contributed by atoms with E-state index in [4.69, 9.17) is 4.74 Å². The lowest BCUT2D eigenvalue weighted by atomic mass is 9.90. The number of para-hydroxylation sites is 1. The third kappa shape index (κ3) is 1.71. The number of ether oxygens (including phenoxy) is 1. The largest absolute Gasteiger partial charge is 0.486 e. The van der Waals surface area contributed by atoms with E-state index < -0.39 is 11.7 Å². The van der Waals surface area contributed by atoms with E-state index in [1.165, 1.54) is 5.39 Å². The standard InChI is InChI=1S/C18H18BrNO2/c1-18(2)17(19)16(21)14-13(22-18)9-8-11-10-6-4-5-7-12(10)20(3)15(11)14/h4-9,16-17,21H,1-3H3/t16-,17+/m0/s1. The zero-order valence-electron chi connectivity index (χ0n) is 12.8. The normalized spacial score (nSPS) is 23.5. The summed E-state index contributed by atoms with van der Waals surface area (Å²) in [5.74, 6) is 0.770. The monoisotopic (exact) mass is 359 g/mol. The number of fused-ring (bicyclic) bond motifs is 5. The minimum Gasteiger partial charge on any atom is -0.486 e. The lowest BCUT2D eigenvalue weighted by Gasteiger charge is -2.40. The minimum absolute atomic E-state index is 0.156. The van der Waals surface area contributed by atoms with Crippen molar-refractivity contribution in [3.63, 3.8) is 0 Å². The molecule has 1 N–H and O–H groups in total. The first-order valence-electron chi connectivity index (χ1n) is 7.43. The van der Waals surface area contributed by atoms with Gasteiger partial charge < -0.3 is 14.4 Å². The summed E-state index contributed by atoms with van der Waals surface area (Å²) in [6.07, 6.45) is -0.606. The maximum atomic E-state index is 10.9. The van der Waals surface area contributed by atoms with E-state index in [0.717, 1.165) is 27.7 Å². The van der Waals surface area contributed by atoms with Gasteiger partial charge in [0.05, 0.1) is 10.3 Å². The van der Waals surface area contributed by atoms with E-state index in [9.17, 15) is 5.11 Å². The van der Waals surface area contributed by atoms with E-state index in [1.54, 1.807) is 0 Å². The van der Waals surface area contributed by atoms with Crippen LogP contribution in [0.15, 0.2) is 36.4 Å². The quantitative estimate of drug-likeness (QED) is 0.607. The zero-order chi connectivity index (χ0) is 15.6. The lowest BCUT2D eigenvalue weighted by Crippen LogP contribution is -2.45. The smallest absolute Gasteiger partial charge is 0.128 e. The van der Waals surface area contributed by atoms with Gasteiger partial charge in [-0.3, -0.25) is 0 Å². The highest BCUT2D eigenvalue weighted by atomic mass is 79.9. The molecule has 0 saturated carbocycles. The second kappa shape index (κ2) is 4.49. The Labute approximate surface area is 137 Å². The average Bonchev–Trinajstić information content (AvgIpc) is 2.78. The van der Waals surface area contributed by atoms with Crippen molar-refractivity contribution < 1.29 is 9.84 Å². The number of aliphatic hydroxyl groups excluding tert-OH is 1. The molecule has 0 saturated heterocycles. The number of aliphatic hydroxyl groups is 1. The molecular weight excluding hydrogens is 342 g/mol. The molecule has 1 aromatic heterocycles. The average molecular weight is 360 g/mol. The van der Waals surface area contributed by atoms with Crippen LogP contribution in [0.1, 0.15) is 25.5 Å². The summed E-state index contributed by atoms with van der Waals surface area (Å²) in [6, 6.07) is 12.4. The fraction of sp³-hybridized carbons (Fsp3) is 0.333. The van der Waals surface area contributed by atoms with E-state index in [1.807, 2.05) is 39.1 Å². The van der Waals surface area contributed by atoms with Gasteiger partial charge in [0.1, 0.15) is 17.5 Å². The predicted molar refractivity (Wildman–Crippen MR) is 92.8 cm³/mol. The van der Waals surface area contributed by atoms with Crippen LogP contribution in [0.5, 0.6) is 5.75 Å². The van der Waals surface area contributed by atoms with Gasteiger partial charge in [-0.2, -0.15) is 0 Å². The first kappa shape index (κ1) is 14.1. The van der Waals surface area contributed by atoms with Crippen molar-refractivity contribution in [1.82, 2.24) is 4.57 Å². The van der Waals surface area contributed by atoms with Crippen LogP contribution in [0, 0.1) is 0 Å². The molecule has 0 bridgehead atoms. The molecular formula is C18H18BrNO2. The highest BCUT2D eigenvalue weighted by molar-refractivity contribution is 9.09. The van der Waals surface area contributed by atoms with Crippen molar-refractivity contribution in [2.24, 2.45) is 7.05 Å². The molecule has 4 heteroatoms. The van der Waals surface area contributed by atoms with Crippen LogP contribution in [-0.4, -0.2) is 20.1 Å². The molecule has 0 aliphatic carbocycles. The van der Waals surface area contributed by atoms with Crippen molar-refractivity contribution in [3.05, 3.63) is 42.0 Å². The Bertz CT molecular complexity index is 897. The van der Waals surface area contributed by atoms with Crippen LogP contribution >= 0.6 is 15.9 Å². The van der Waals surface area contributed by atoms with Crippen molar-refractivity contribution in [2.75, 3.05) is 0 Å². The van der Waals surface area contributed by atoms with Crippen LogP contribution < -0.4 is 4.74 Å². The van der Waals surface area contributed by atoms with E-state index in [2.05, 4.69) is 38.7 Å². The number of rotatable bonds is 0. The van der Waals surface area contributed by atoms with Crippen LogP contribution in [-0.2, 0) is 7.05 Å². The van der Waals surface area contributed by atoms with Gasteiger partial charge in [-0.05, 0) is 32.0 Å². The van der Waals surface area contributed by atoms with Crippen LogP contribution in [0.2, 0.25) is 0 Å². The maximum Gasteiger partial charge on any atom is 0.128 e. The molecule has 0 amide bonds. The fourth-order valence-corrected chi connectivity index (χ4v) is 3.88. The molecule has 0 spiro atoms. The third-order valence-corrected chi connectivity index (χ3v) is 6.28. The molecule has 2 aromatic carbocycles. The number of aromatic nitrogens is 1. The summed E-state index contributed by atoms with van der Waals surface area (Å²) in [7, 11) is 2.04. The fourth-order valence-electron chi connectivity index (χ4n) is 3.52. The van der Waals surface area contributed by atoms with Gasteiger partial charge >= 0.3 is 0 Å². The maximum absolute atomic E-state index is 10.9. The molecule has 22 heavy (non-hydrogen) atoms. The highest BCUT2D eigenvalue weighted by Gasteiger charge is 2.43. The molecule has 2 heterocycles. The van der Waals surface area contributed by atoms with Crippen LogP contribution in [0.4, 0.5) is 0 Å². The Morgan fingerprint density at radius 2 is 1.86 bits per heavy atom. The summed E-state index contributed by atoms with van der Waals surface area (Å²) in [6.45, 7) is 3.98. The Morgan fingerprint density at radius 1 is 1.14 bits per heavy atom. The van der Waals surface area contributed by atoms with Crippen molar-refractivity contribution >= 4 is 37.7 Å². The zero-order valence-corrected chi connectivity index (χ0v) is 14.4. The van der Waals surface area contributed by atoms with E-state index in [-0.39, 0.29) is 4.83 Å². The third-order valence-electron chi connectivity index (χ3n) is 4.68. The SMILES string of the molecule is Cn1c2ccccc2c2ccc3c(c21)[C@H](O)[C@@H](Br)C(C)(C)O3. The molecule has 1 aliphatic heterocycles. The van der Waals surface area contributed by atoms with Gasteiger partial charge in [-0.15, -0.1) is 0 Å². The predicted octanol–water partition coefficient (Wildman–Crippen LogP) is 4.30. The number of nitrogens with zero attached hydrogens (tertiary/aromatic N) is 1. The molecule has 0 radical (unpaired) electrons. The molecule has 0 unspecified atom stereocenters. The van der Waals surface area contributed by atoms with Gasteiger partial charge in [-0.1, -0.05) is 34.1 Å². The van der Waals surface area contributed by atoms with E-state index in [0.29, 0.717) is 0 Å². The second-order valence-corrected chi connectivity index (χ2v) is 7.49. The highest BCUT2D eigenvalue weighted by Crippen LogP contribution is 2.47. The number of alkyl halides is 1. The summed E-state index contributed by atoms with van der Waals surface area (Å²) < 4.78 is 8.29. The first-order chi connectivity index (χ1) is 10.4. The van der Waals surface area contributed by atoms with Crippen molar-refractivity contribution in [3.8, 4) is 5.75 Å². The molecule has 2 atom stereocenters. The lowest BCUT2D eigenvalue weighted by molar-refractivity contribution is 0.0235. The number of hydrogen-bond acceptors (Lipinski definition) is 2. The Kier molecular flexibility index (Phi) is 2.88. The molecule has 4 rings (SSSR count). The molecule has 3 aromatic rings. The van der Waals surface area contributed by atoms with Crippen molar-refractivity contribution in [2.45, 2.75) is 30.4 Å². The Balaban J connectivity index is 2.13. The van der Waals surface area contributed by atoms with Gasteiger partial charge in [-0.25, -0.2) is 0 Å². The second-order valence-electron chi connectivity index (χ2n) is 6.50. The summed E-state index contributed by atoms with van der Waals surface area (Å²) in [5, 5.41) is 13.2. The van der Waals surface area contributed by atoms with Crippen LogP contribution in [0.25, 0.3) is 21.8 Å². The Hall–Kier alpha value is -1.52. The topological polar surface area (TPSA) is 34.4 Å². The Morgan fingerprint density at radius 3 is 2.64 bits per heavy atom. The van der Waals surface area contributed by atoms with Gasteiger partial charge in [0.15, 0.2) is 0 Å². The molecule has 1 aliphatic rings. The van der Waals surface area contributed by atoms with Crippen molar-refractivity contribution in [1.29, 1.82) is 0 Å². The van der Waals surface area contributed by atoms with Gasteiger partial charge in [0.2, 0.25) is 0 Å². The number of halogens is 1. The summed E-state index contributed by atoms with van der Waals surface area (Å²) in [4.78, 5) is -0.156. The van der Waals surface area contributed by atoms with E-state index >= 15 is 0 Å². The molecule has 0 fully saturated rings. The summed E-state index contributed by atoms with van der Waals surface area (Å²) in [5.41, 5.74) is 2.63. The molecule has 3 nitrogen and oxygen atoms in total. The summed E-state index contributed by atoms with van der Waals surface area (Å²) >= 11 is 3.61. The van der Waals surface area contributed by atoms with Gasteiger partial charge in [0, 0.05) is 28.9 Å². The first-order valence-corrected chi connectivity index (χ1v) is 8.34. The number of aryl methyl sites for hydroxylation is 1. The minimum atomic E-state index is -0.606. The van der Waals surface area contributed by atoms with Gasteiger partial charge in [0.25, 0.3) is 0 Å². The number of hydrogen-bond donors (Lipinski definition) is 1.